The summed E-state index contributed by atoms with van der Waals surface area (Å²) in [6, 6.07) is 13.7. The number of esters is 1. The van der Waals surface area contributed by atoms with Crippen molar-refractivity contribution in [2.75, 3.05) is 11.5 Å². The fourth-order valence-corrected chi connectivity index (χ4v) is 3.08. The standard InChI is InChI=1S/C18H13NO4/c20-16-14-3-1-2-4-15(14)17(21)19(16)12-7-5-11(6-8-12)13-9-10-23-18(13)22/h1-8,13H,9-10H2. The third-order valence-electron chi connectivity index (χ3n) is 4.28. The first kappa shape index (κ1) is 13.7. The Labute approximate surface area is 132 Å². The fraction of sp³-hybridized carbons (Fsp3) is 0.167. The topological polar surface area (TPSA) is 63.7 Å². The van der Waals surface area contributed by atoms with E-state index in [1.165, 1.54) is 4.90 Å². The second kappa shape index (κ2) is 5.05. The monoisotopic (exact) mass is 307 g/mol. The summed E-state index contributed by atoms with van der Waals surface area (Å²) in [6.07, 6.45) is 0.658. The smallest absolute Gasteiger partial charge is 0.313 e. The molecule has 1 saturated heterocycles. The van der Waals surface area contributed by atoms with Gasteiger partial charge in [0.05, 0.1) is 29.3 Å². The lowest BCUT2D eigenvalue weighted by Gasteiger charge is -2.15. The van der Waals surface area contributed by atoms with Gasteiger partial charge in [-0.2, -0.15) is 0 Å². The average molecular weight is 307 g/mol. The molecule has 0 aliphatic carbocycles. The van der Waals surface area contributed by atoms with Crippen LogP contribution in [0.4, 0.5) is 5.69 Å². The van der Waals surface area contributed by atoms with Gasteiger partial charge in [0.2, 0.25) is 0 Å². The van der Waals surface area contributed by atoms with Gasteiger partial charge >= 0.3 is 5.97 Å². The number of imide groups is 1. The Morgan fingerprint density at radius 2 is 1.48 bits per heavy atom. The fourth-order valence-electron chi connectivity index (χ4n) is 3.08. The highest BCUT2D eigenvalue weighted by atomic mass is 16.5. The van der Waals surface area contributed by atoms with E-state index >= 15 is 0 Å². The van der Waals surface area contributed by atoms with Gasteiger partial charge in [0, 0.05) is 0 Å². The van der Waals surface area contributed by atoms with E-state index in [0.29, 0.717) is 29.8 Å². The number of hydrogen-bond donors (Lipinski definition) is 0. The summed E-state index contributed by atoms with van der Waals surface area (Å²) in [5.41, 5.74) is 2.18. The van der Waals surface area contributed by atoms with E-state index in [1.54, 1.807) is 48.5 Å². The lowest BCUT2D eigenvalue weighted by molar-refractivity contribution is -0.139. The Bertz CT molecular complexity index is 790. The zero-order valence-electron chi connectivity index (χ0n) is 12.2. The molecule has 0 N–H and O–H groups in total. The Morgan fingerprint density at radius 1 is 0.870 bits per heavy atom. The van der Waals surface area contributed by atoms with Crippen molar-refractivity contribution >= 4 is 23.5 Å². The highest BCUT2D eigenvalue weighted by Crippen LogP contribution is 2.31. The summed E-state index contributed by atoms with van der Waals surface area (Å²) < 4.78 is 4.97. The van der Waals surface area contributed by atoms with Crippen LogP contribution in [0.5, 0.6) is 0 Å². The molecule has 4 rings (SSSR count). The van der Waals surface area contributed by atoms with E-state index < -0.39 is 0 Å². The molecular weight excluding hydrogens is 294 g/mol. The van der Waals surface area contributed by atoms with Gasteiger partial charge in [-0.25, -0.2) is 4.90 Å². The maximum atomic E-state index is 12.4. The highest BCUT2D eigenvalue weighted by molar-refractivity contribution is 6.34. The zero-order chi connectivity index (χ0) is 16.0. The molecule has 2 aliphatic heterocycles. The molecule has 2 aromatic rings. The van der Waals surface area contributed by atoms with Crippen molar-refractivity contribution in [2.24, 2.45) is 0 Å². The van der Waals surface area contributed by atoms with Crippen LogP contribution in [-0.2, 0) is 9.53 Å². The summed E-state index contributed by atoms with van der Waals surface area (Å²) in [5, 5.41) is 0. The molecule has 2 aromatic carbocycles. The quantitative estimate of drug-likeness (QED) is 0.632. The van der Waals surface area contributed by atoms with E-state index in [1.807, 2.05) is 0 Å². The number of hydrogen-bond acceptors (Lipinski definition) is 4. The van der Waals surface area contributed by atoms with Crippen molar-refractivity contribution in [3.05, 3.63) is 65.2 Å². The van der Waals surface area contributed by atoms with E-state index in [-0.39, 0.29) is 23.7 Å². The molecule has 114 valence electrons. The molecule has 1 unspecified atom stereocenters. The molecule has 1 atom stereocenters. The number of anilines is 1. The number of carbonyl (C=O) groups is 3. The van der Waals surface area contributed by atoms with Crippen molar-refractivity contribution in [3.8, 4) is 0 Å². The molecule has 0 spiro atoms. The molecule has 0 radical (unpaired) electrons. The molecule has 2 heterocycles. The first-order valence-corrected chi connectivity index (χ1v) is 7.41. The van der Waals surface area contributed by atoms with E-state index in [0.717, 1.165) is 5.56 Å². The molecule has 5 nitrogen and oxygen atoms in total. The van der Waals surface area contributed by atoms with Crippen LogP contribution in [-0.4, -0.2) is 24.4 Å². The first-order valence-electron chi connectivity index (χ1n) is 7.41. The number of amides is 2. The maximum Gasteiger partial charge on any atom is 0.313 e. The highest BCUT2D eigenvalue weighted by Gasteiger charge is 2.36. The molecule has 0 saturated carbocycles. The third kappa shape index (κ3) is 2.04. The summed E-state index contributed by atoms with van der Waals surface area (Å²) >= 11 is 0. The van der Waals surface area contributed by atoms with E-state index in [4.69, 9.17) is 4.74 Å². The molecule has 23 heavy (non-hydrogen) atoms. The number of benzene rings is 2. The van der Waals surface area contributed by atoms with Crippen molar-refractivity contribution < 1.29 is 19.1 Å². The van der Waals surface area contributed by atoms with Gasteiger partial charge in [-0.3, -0.25) is 14.4 Å². The second-order valence-electron chi connectivity index (χ2n) is 5.59. The van der Waals surface area contributed by atoms with Crippen molar-refractivity contribution in [1.82, 2.24) is 0 Å². The maximum absolute atomic E-state index is 12.4. The Balaban J connectivity index is 1.66. The summed E-state index contributed by atoms with van der Waals surface area (Å²) in [5.74, 6) is -1.12. The molecule has 2 aliphatic rings. The van der Waals surface area contributed by atoms with Gasteiger partial charge in [0.15, 0.2) is 0 Å². The number of cyclic esters (lactones) is 1. The van der Waals surface area contributed by atoms with E-state index in [2.05, 4.69) is 0 Å². The second-order valence-corrected chi connectivity index (χ2v) is 5.59. The van der Waals surface area contributed by atoms with Gasteiger partial charge in [0.1, 0.15) is 0 Å². The lowest BCUT2D eigenvalue weighted by Crippen LogP contribution is -2.29. The number of rotatable bonds is 2. The van der Waals surface area contributed by atoms with Crippen LogP contribution >= 0.6 is 0 Å². The van der Waals surface area contributed by atoms with Gasteiger partial charge in [0.25, 0.3) is 11.8 Å². The molecule has 5 heteroatoms. The minimum Gasteiger partial charge on any atom is -0.465 e. The van der Waals surface area contributed by atoms with Crippen LogP contribution < -0.4 is 4.90 Å². The normalized spacial score (nSPS) is 19.9. The number of fused-ring (bicyclic) bond motifs is 1. The summed E-state index contributed by atoms with van der Waals surface area (Å²) in [7, 11) is 0. The lowest BCUT2D eigenvalue weighted by atomic mass is 9.98. The summed E-state index contributed by atoms with van der Waals surface area (Å²) in [4.78, 5) is 37.7. The number of ether oxygens (including phenoxy) is 1. The number of nitrogens with zero attached hydrogens (tertiary/aromatic N) is 1. The van der Waals surface area contributed by atoms with Gasteiger partial charge in [-0.1, -0.05) is 24.3 Å². The minimum atomic E-state index is -0.321. The van der Waals surface area contributed by atoms with Crippen LogP contribution in [0.2, 0.25) is 0 Å². The van der Waals surface area contributed by atoms with Crippen LogP contribution in [0.1, 0.15) is 38.6 Å². The van der Waals surface area contributed by atoms with Crippen molar-refractivity contribution in [1.29, 1.82) is 0 Å². The number of carbonyl (C=O) groups excluding carboxylic acids is 3. The molecule has 1 fully saturated rings. The largest absolute Gasteiger partial charge is 0.465 e. The van der Waals surface area contributed by atoms with Crippen LogP contribution in [0, 0.1) is 0 Å². The first-order chi connectivity index (χ1) is 11.2. The molecular formula is C18H13NO4. The molecule has 0 bridgehead atoms. The van der Waals surface area contributed by atoms with E-state index in [9.17, 15) is 14.4 Å². The van der Waals surface area contributed by atoms with Crippen LogP contribution in [0.3, 0.4) is 0 Å². The summed E-state index contributed by atoms with van der Waals surface area (Å²) in [6.45, 7) is 0.434. The Morgan fingerprint density at radius 3 is 2.00 bits per heavy atom. The minimum absolute atomic E-state index is 0.224. The Hall–Kier alpha value is -2.95. The van der Waals surface area contributed by atoms with Gasteiger partial charge in [-0.15, -0.1) is 0 Å². The van der Waals surface area contributed by atoms with Gasteiger partial charge in [-0.05, 0) is 36.2 Å². The van der Waals surface area contributed by atoms with Gasteiger partial charge < -0.3 is 4.74 Å². The zero-order valence-corrected chi connectivity index (χ0v) is 12.2. The Kier molecular flexibility index (Phi) is 3.01. The van der Waals surface area contributed by atoms with Crippen LogP contribution in [0.15, 0.2) is 48.5 Å². The SMILES string of the molecule is O=C1OCCC1c1ccc(N2C(=O)c3ccccc3C2=O)cc1. The predicted molar refractivity (Wildman–Crippen MR) is 82.3 cm³/mol. The van der Waals surface area contributed by atoms with Crippen LogP contribution in [0.25, 0.3) is 0 Å². The third-order valence-corrected chi connectivity index (χ3v) is 4.28. The molecule has 2 amide bonds. The predicted octanol–water partition coefficient (Wildman–Crippen LogP) is 2.52. The van der Waals surface area contributed by atoms with Crippen molar-refractivity contribution in [3.63, 3.8) is 0 Å². The van der Waals surface area contributed by atoms with Crippen molar-refractivity contribution in [2.45, 2.75) is 12.3 Å². The molecule has 0 aromatic heterocycles. The average Bonchev–Trinajstić information content (AvgIpc) is 3.11.